The number of Topliss-reactive ketones (excluding diaryl/α,β-unsaturated/α-hetero) is 1. The maximum absolute atomic E-state index is 13.5. The van der Waals surface area contributed by atoms with E-state index in [2.05, 4.69) is 0 Å². The second-order valence-corrected chi connectivity index (χ2v) is 8.92. The van der Waals surface area contributed by atoms with Crippen molar-refractivity contribution < 1.29 is 28.8 Å². The molecule has 0 saturated carbocycles. The van der Waals surface area contributed by atoms with E-state index in [1.165, 1.54) is 36.4 Å². The topological polar surface area (TPSA) is 124 Å². The molecule has 0 unspecified atom stereocenters. The molecule has 0 radical (unpaired) electrons. The van der Waals surface area contributed by atoms with Crippen molar-refractivity contribution in [3.8, 4) is 0 Å². The van der Waals surface area contributed by atoms with Gasteiger partial charge in [-0.15, -0.1) is 0 Å². The lowest BCUT2D eigenvalue weighted by Gasteiger charge is -2.21. The number of amides is 2. The van der Waals surface area contributed by atoms with E-state index in [9.17, 15) is 29.3 Å². The normalized spacial score (nSPS) is 13.1. The average Bonchev–Trinajstić information content (AvgIpc) is 3.21. The first-order valence-corrected chi connectivity index (χ1v) is 12.0. The van der Waals surface area contributed by atoms with E-state index < -0.39 is 40.3 Å². The summed E-state index contributed by atoms with van der Waals surface area (Å²) in [5, 5.41) is 11.9. The van der Waals surface area contributed by atoms with Gasteiger partial charge in [-0.25, -0.2) is 9.69 Å². The molecule has 0 aromatic heterocycles. The van der Waals surface area contributed by atoms with Gasteiger partial charge in [-0.1, -0.05) is 72.3 Å². The van der Waals surface area contributed by atoms with E-state index in [0.29, 0.717) is 21.0 Å². The highest BCUT2D eigenvalue weighted by molar-refractivity contribution is 6.36. The number of imide groups is 1. The Morgan fingerprint density at radius 1 is 0.821 bits per heavy atom. The summed E-state index contributed by atoms with van der Waals surface area (Å²) >= 11 is 6.00. The number of halogens is 1. The Morgan fingerprint density at radius 2 is 1.49 bits per heavy atom. The van der Waals surface area contributed by atoms with Gasteiger partial charge in [0.05, 0.1) is 21.7 Å². The van der Waals surface area contributed by atoms with E-state index in [-0.39, 0.29) is 22.4 Å². The van der Waals surface area contributed by atoms with Crippen molar-refractivity contribution in [2.45, 2.75) is 6.10 Å². The minimum absolute atomic E-state index is 0.134. The molecule has 0 N–H and O–H groups in total. The number of nitrogens with zero attached hydrogens (tertiary/aromatic N) is 2. The van der Waals surface area contributed by atoms with Crippen LogP contribution in [0.2, 0.25) is 5.02 Å². The van der Waals surface area contributed by atoms with E-state index in [1.807, 2.05) is 0 Å². The zero-order chi connectivity index (χ0) is 27.7. The Kier molecular flexibility index (Phi) is 6.74. The van der Waals surface area contributed by atoms with E-state index in [4.69, 9.17) is 16.3 Å². The van der Waals surface area contributed by atoms with Gasteiger partial charge in [-0.05, 0) is 30.3 Å². The first-order chi connectivity index (χ1) is 18.8. The number of hydrogen-bond acceptors (Lipinski definition) is 7. The molecule has 1 aliphatic heterocycles. The monoisotopic (exact) mass is 540 g/mol. The van der Waals surface area contributed by atoms with E-state index >= 15 is 0 Å². The molecule has 0 saturated heterocycles. The number of nitro benzene ring substituents is 1. The molecule has 1 atom stereocenters. The van der Waals surface area contributed by atoms with Crippen LogP contribution in [0, 0.1) is 10.1 Å². The fourth-order valence-corrected chi connectivity index (χ4v) is 4.44. The van der Waals surface area contributed by atoms with Crippen molar-refractivity contribution >= 4 is 46.5 Å². The highest BCUT2D eigenvalue weighted by Gasteiger charge is 2.43. The molecule has 39 heavy (non-hydrogen) atoms. The van der Waals surface area contributed by atoms with Gasteiger partial charge < -0.3 is 4.74 Å². The molecule has 1 heterocycles. The van der Waals surface area contributed by atoms with Crippen molar-refractivity contribution in [2.75, 3.05) is 4.90 Å². The van der Waals surface area contributed by atoms with Gasteiger partial charge >= 0.3 is 5.97 Å². The fourth-order valence-electron chi connectivity index (χ4n) is 4.31. The third kappa shape index (κ3) is 4.67. The Hall–Kier alpha value is -5.15. The number of ether oxygens (including phenoxy) is 1. The van der Waals surface area contributed by atoms with Crippen molar-refractivity contribution in [3.63, 3.8) is 0 Å². The summed E-state index contributed by atoms with van der Waals surface area (Å²) in [5.74, 6) is -3.26. The second kappa shape index (κ2) is 10.3. The molecule has 0 fully saturated rings. The van der Waals surface area contributed by atoms with Crippen molar-refractivity contribution in [1.29, 1.82) is 0 Å². The lowest BCUT2D eigenvalue weighted by Crippen LogP contribution is -2.31. The molecule has 1 aliphatic rings. The van der Waals surface area contributed by atoms with Gasteiger partial charge in [0.15, 0.2) is 6.10 Å². The quantitative estimate of drug-likeness (QED) is 0.0949. The number of rotatable bonds is 7. The SMILES string of the molecule is O=C(O[C@@H](C(=O)c1ccccc1)c1ccc(Cl)cc1)c1ccccc1N1C(=O)c2cccc([N+](=O)[O-])c2C1=O. The Balaban J connectivity index is 1.53. The standard InChI is InChI=1S/C29H17ClN2O7/c30-19-15-13-18(14-16-19)26(25(33)17-7-2-1-3-8-17)39-29(36)20-9-4-5-11-22(20)31-27(34)21-10-6-12-23(32(37)38)24(21)28(31)35/h1-16,26H/t26-/m1/s1. The van der Waals surface area contributed by atoms with Crippen LogP contribution in [0.25, 0.3) is 0 Å². The van der Waals surface area contributed by atoms with Crippen LogP contribution in [0.3, 0.4) is 0 Å². The Morgan fingerprint density at radius 3 is 2.18 bits per heavy atom. The van der Waals surface area contributed by atoms with E-state index in [1.54, 1.807) is 54.6 Å². The smallest absolute Gasteiger partial charge is 0.341 e. The van der Waals surface area contributed by atoms with Gasteiger partial charge in [-0.3, -0.25) is 24.5 Å². The first-order valence-electron chi connectivity index (χ1n) is 11.6. The van der Waals surface area contributed by atoms with E-state index in [0.717, 1.165) is 6.07 Å². The van der Waals surface area contributed by atoms with Crippen LogP contribution >= 0.6 is 11.6 Å². The molecule has 192 valence electrons. The number of nitro groups is 1. The van der Waals surface area contributed by atoms with Crippen LogP contribution in [-0.2, 0) is 4.74 Å². The van der Waals surface area contributed by atoms with Crippen LogP contribution in [-0.4, -0.2) is 28.5 Å². The largest absolute Gasteiger partial charge is 0.445 e. The highest BCUT2D eigenvalue weighted by Crippen LogP contribution is 2.36. The summed E-state index contributed by atoms with van der Waals surface area (Å²) in [6.45, 7) is 0. The number of anilines is 1. The minimum atomic E-state index is -1.37. The zero-order valence-corrected chi connectivity index (χ0v) is 20.7. The molecule has 4 aromatic rings. The molecule has 2 amide bonds. The van der Waals surface area contributed by atoms with Crippen molar-refractivity contribution in [1.82, 2.24) is 0 Å². The lowest BCUT2D eigenvalue weighted by molar-refractivity contribution is -0.385. The van der Waals surface area contributed by atoms with Crippen molar-refractivity contribution in [2.24, 2.45) is 0 Å². The summed E-state index contributed by atoms with van der Waals surface area (Å²) in [7, 11) is 0. The number of fused-ring (bicyclic) bond motifs is 1. The van der Waals surface area contributed by atoms with Crippen LogP contribution in [0.1, 0.15) is 53.1 Å². The number of ketones is 1. The summed E-state index contributed by atoms with van der Waals surface area (Å²) < 4.78 is 5.70. The van der Waals surface area contributed by atoms with Crippen LogP contribution in [0.5, 0.6) is 0 Å². The maximum Gasteiger partial charge on any atom is 0.341 e. The molecular formula is C29H17ClN2O7. The zero-order valence-electron chi connectivity index (χ0n) is 19.9. The predicted octanol–water partition coefficient (Wildman–Crippen LogP) is 5.83. The Bertz CT molecular complexity index is 1650. The molecule has 0 spiro atoms. The second-order valence-electron chi connectivity index (χ2n) is 8.49. The van der Waals surface area contributed by atoms with Gasteiger partial charge in [0.2, 0.25) is 5.78 Å². The summed E-state index contributed by atoms with van der Waals surface area (Å²) in [6.07, 6.45) is -1.37. The maximum atomic E-state index is 13.5. The first kappa shape index (κ1) is 25.5. The third-order valence-electron chi connectivity index (χ3n) is 6.15. The molecule has 0 aliphatic carbocycles. The minimum Gasteiger partial charge on any atom is -0.445 e. The molecule has 10 heteroatoms. The van der Waals surface area contributed by atoms with Gasteiger partial charge in [0.25, 0.3) is 17.5 Å². The predicted molar refractivity (Wildman–Crippen MR) is 141 cm³/mol. The van der Waals surface area contributed by atoms with Crippen LogP contribution in [0.4, 0.5) is 11.4 Å². The summed E-state index contributed by atoms with van der Waals surface area (Å²) in [5.41, 5.74) is -0.713. The molecule has 5 rings (SSSR count). The van der Waals surface area contributed by atoms with Crippen LogP contribution < -0.4 is 4.90 Å². The number of esters is 1. The number of para-hydroxylation sites is 1. The molecule has 0 bridgehead atoms. The highest BCUT2D eigenvalue weighted by atomic mass is 35.5. The van der Waals surface area contributed by atoms with Crippen LogP contribution in [0.15, 0.2) is 97.1 Å². The third-order valence-corrected chi connectivity index (χ3v) is 6.40. The van der Waals surface area contributed by atoms with Gasteiger partial charge in [0, 0.05) is 22.2 Å². The summed E-state index contributed by atoms with van der Waals surface area (Å²) in [4.78, 5) is 64.8. The number of carbonyl (C=O) groups excluding carboxylic acids is 4. The fraction of sp³-hybridized carbons (Fsp3) is 0.0345. The Labute approximate surface area is 226 Å². The van der Waals surface area contributed by atoms with Gasteiger partial charge in [-0.2, -0.15) is 0 Å². The molecule has 9 nitrogen and oxygen atoms in total. The lowest BCUT2D eigenvalue weighted by atomic mass is 9.99. The van der Waals surface area contributed by atoms with Gasteiger partial charge in [0.1, 0.15) is 5.56 Å². The average molecular weight is 541 g/mol. The summed E-state index contributed by atoms with van der Waals surface area (Å²) in [6, 6.07) is 23.9. The number of hydrogen-bond donors (Lipinski definition) is 0. The number of carbonyl (C=O) groups is 4. The molecular weight excluding hydrogens is 524 g/mol. The van der Waals surface area contributed by atoms with Crippen molar-refractivity contribution in [3.05, 3.63) is 140 Å². The molecule has 4 aromatic carbocycles. The number of benzene rings is 4.